The number of nitrogens with zero attached hydrogens (tertiary/aromatic N) is 3. The first kappa shape index (κ1) is 18.3. The van der Waals surface area contributed by atoms with Gasteiger partial charge in [0.2, 0.25) is 5.89 Å². The van der Waals surface area contributed by atoms with Crippen molar-refractivity contribution in [3.05, 3.63) is 65.0 Å². The quantitative estimate of drug-likeness (QED) is 0.434. The van der Waals surface area contributed by atoms with Crippen LogP contribution in [0.2, 0.25) is 0 Å². The Labute approximate surface area is 166 Å². The molecule has 4 rings (SSSR count). The average Bonchev–Trinajstić information content (AvgIpc) is 3.34. The molecule has 0 saturated carbocycles. The summed E-state index contributed by atoms with van der Waals surface area (Å²) in [6.45, 7) is 3.74. The first-order chi connectivity index (χ1) is 13.6. The number of carbonyl (C=O) groups is 1. The van der Waals surface area contributed by atoms with Crippen molar-refractivity contribution < 1.29 is 13.9 Å². The number of rotatable bonds is 6. The van der Waals surface area contributed by atoms with E-state index in [1.54, 1.807) is 18.3 Å². The molecule has 0 unspecified atom stereocenters. The van der Waals surface area contributed by atoms with E-state index in [1.807, 2.05) is 55.5 Å². The van der Waals surface area contributed by atoms with Crippen LogP contribution in [0.15, 0.2) is 52.9 Å². The maximum absolute atomic E-state index is 12.2. The van der Waals surface area contributed by atoms with E-state index in [4.69, 9.17) is 9.15 Å². The molecule has 2 aromatic heterocycles. The third-order valence-electron chi connectivity index (χ3n) is 4.28. The molecule has 142 valence electrons. The molecule has 4 aromatic rings. The number of benzene rings is 2. The highest BCUT2D eigenvalue weighted by Gasteiger charge is 2.19. The highest BCUT2D eigenvalue weighted by molar-refractivity contribution is 7.18. The lowest BCUT2D eigenvalue weighted by atomic mass is 10.1. The van der Waals surface area contributed by atoms with Gasteiger partial charge in [-0.05, 0) is 38.1 Å². The fraction of sp³-hybridized carbons (Fsp3) is 0.238. The van der Waals surface area contributed by atoms with Crippen LogP contribution in [0.3, 0.4) is 0 Å². The predicted octanol–water partition coefficient (Wildman–Crippen LogP) is 4.89. The molecule has 0 aliphatic carbocycles. The Hall–Kier alpha value is -3.06. The van der Waals surface area contributed by atoms with Crippen molar-refractivity contribution in [2.75, 3.05) is 0 Å². The van der Waals surface area contributed by atoms with Crippen LogP contribution < -0.4 is 0 Å². The van der Waals surface area contributed by atoms with Crippen molar-refractivity contribution in [3.63, 3.8) is 0 Å². The molecule has 0 amide bonds. The molecule has 0 saturated heterocycles. The van der Waals surface area contributed by atoms with Gasteiger partial charge in [0.15, 0.2) is 6.10 Å². The Morgan fingerprint density at radius 1 is 1.14 bits per heavy atom. The van der Waals surface area contributed by atoms with Crippen molar-refractivity contribution in [1.82, 2.24) is 15.2 Å². The van der Waals surface area contributed by atoms with E-state index >= 15 is 0 Å². The maximum atomic E-state index is 12.2. The SMILES string of the molecule is Cc1ccc(-c2nnc([C@H](C)OC(=O)CCc3nc4ccccc4s3)o2)cc1. The van der Waals surface area contributed by atoms with E-state index in [1.165, 1.54) is 0 Å². The lowest BCUT2D eigenvalue weighted by molar-refractivity contribution is -0.149. The number of aryl methyl sites for hydroxylation is 2. The third kappa shape index (κ3) is 4.09. The molecule has 0 radical (unpaired) electrons. The molecule has 0 aliphatic heterocycles. The Balaban J connectivity index is 1.34. The number of ether oxygens (including phenoxy) is 1. The summed E-state index contributed by atoms with van der Waals surface area (Å²) < 4.78 is 12.2. The van der Waals surface area contributed by atoms with Crippen LogP contribution in [-0.2, 0) is 16.0 Å². The maximum Gasteiger partial charge on any atom is 0.306 e. The molecule has 7 heteroatoms. The van der Waals surface area contributed by atoms with Crippen LogP contribution in [0.5, 0.6) is 0 Å². The first-order valence-corrected chi connectivity index (χ1v) is 9.84. The standard InChI is InChI=1S/C21H19N3O3S/c1-13-7-9-15(10-8-13)21-24-23-20(27-21)14(2)26-19(25)12-11-18-22-16-5-3-4-6-17(16)28-18/h3-10,14H,11-12H2,1-2H3/t14-/m0/s1. The van der Waals surface area contributed by atoms with Crippen molar-refractivity contribution in [2.24, 2.45) is 0 Å². The van der Waals surface area contributed by atoms with Crippen molar-refractivity contribution in [2.45, 2.75) is 32.8 Å². The van der Waals surface area contributed by atoms with Gasteiger partial charge in [0, 0.05) is 12.0 Å². The van der Waals surface area contributed by atoms with Gasteiger partial charge in [-0.25, -0.2) is 4.98 Å². The number of aromatic nitrogens is 3. The molecule has 1 atom stereocenters. The average molecular weight is 393 g/mol. The largest absolute Gasteiger partial charge is 0.453 e. The molecule has 6 nitrogen and oxygen atoms in total. The summed E-state index contributed by atoms with van der Waals surface area (Å²) in [4.78, 5) is 16.7. The smallest absolute Gasteiger partial charge is 0.306 e. The Bertz CT molecular complexity index is 1070. The molecule has 0 N–H and O–H groups in total. The van der Waals surface area contributed by atoms with Crippen LogP contribution in [0, 0.1) is 6.92 Å². The van der Waals surface area contributed by atoms with Gasteiger partial charge in [-0.1, -0.05) is 29.8 Å². The number of hydrogen-bond donors (Lipinski definition) is 0. The van der Waals surface area contributed by atoms with E-state index in [9.17, 15) is 4.79 Å². The van der Waals surface area contributed by atoms with Gasteiger partial charge in [-0.2, -0.15) is 0 Å². The highest BCUT2D eigenvalue weighted by Crippen LogP contribution is 2.24. The third-order valence-corrected chi connectivity index (χ3v) is 5.37. The fourth-order valence-electron chi connectivity index (χ4n) is 2.75. The van der Waals surface area contributed by atoms with E-state index in [2.05, 4.69) is 15.2 Å². The van der Waals surface area contributed by atoms with Crippen molar-refractivity contribution >= 4 is 27.5 Å². The summed E-state index contributed by atoms with van der Waals surface area (Å²) in [5.74, 6) is 0.373. The molecular formula is C21H19N3O3S. The molecule has 0 fully saturated rings. The van der Waals surface area contributed by atoms with Crippen LogP contribution in [0.1, 0.15) is 35.9 Å². The van der Waals surface area contributed by atoms with Gasteiger partial charge in [-0.3, -0.25) is 4.79 Å². The highest BCUT2D eigenvalue weighted by atomic mass is 32.1. The van der Waals surface area contributed by atoms with Crippen LogP contribution >= 0.6 is 11.3 Å². The minimum absolute atomic E-state index is 0.253. The first-order valence-electron chi connectivity index (χ1n) is 9.03. The van der Waals surface area contributed by atoms with E-state index < -0.39 is 6.10 Å². The number of carbonyl (C=O) groups excluding carboxylic acids is 1. The fourth-order valence-corrected chi connectivity index (χ4v) is 3.72. The second-order valence-corrected chi connectivity index (χ2v) is 7.63. The number of esters is 1. The summed E-state index contributed by atoms with van der Waals surface area (Å²) in [7, 11) is 0. The van der Waals surface area contributed by atoms with Gasteiger partial charge >= 0.3 is 5.97 Å². The predicted molar refractivity (Wildman–Crippen MR) is 107 cm³/mol. The molecular weight excluding hydrogens is 374 g/mol. The topological polar surface area (TPSA) is 78.1 Å². The lowest BCUT2D eigenvalue weighted by Gasteiger charge is -2.08. The zero-order chi connectivity index (χ0) is 19.5. The Morgan fingerprint density at radius 2 is 1.93 bits per heavy atom. The van der Waals surface area contributed by atoms with Gasteiger partial charge in [0.05, 0.1) is 21.6 Å². The molecule has 0 spiro atoms. The summed E-state index contributed by atoms with van der Waals surface area (Å²) in [6, 6.07) is 15.7. The van der Waals surface area contributed by atoms with E-state index in [0.717, 1.165) is 26.4 Å². The minimum Gasteiger partial charge on any atom is -0.453 e. The van der Waals surface area contributed by atoms with Crippen molar-refractivity contribution in [1.29, 1.82) is 0 Å². The van der Waals surface area contributed by atoms with Crippen LogP contribution in [0.4, 0.5) is 0 Å². The van der Waals surface area contributed by atoms with Gasteiger partial charge < -0.3 is 9.15 Å². The van der Waals surface area contributed by atoms with Crippen molar-refractivity contribution in [3.8, 4) is 11.5 Å². The molecule has 2 aromatic carbocycles. The molecule has 2 heterocycles. The van der Waals surface area contributed by atoms with Gasteiger partial charge in [0.1, 0.15) is 0 Å². The van der Waals surface area contributed by atoms with Gasteiger partial charge in [0.25, 0.3) is 5.89 Å². The number of fused-ring (bicyclic) bond motifs is 1. The summed E-state index contributed by atoms with van der Waals surface area (Å²) in [6.07, 6.45) is 0.196. The molecule has 28 heavy (non-hydrogen) atoms. The summed E-state index contributed by atoms with van der Waals surface area (Å²) in [5.41, 5.74) is 2.94. The number of para-hydroxylation sites is 1. The van der Waals surface area contributed by atoms with Gasteiger partial charge in [-0.15, -0.1) is 21.5 Å². The number of hydrogen-bond acceptors (Lipinski definition) is 7. The Morgan fingerprint density at radius 3 is 2.71 bits per heavy atom. The normalized spacial score (nSPS) is 12.2. The van der Waals surface area contributed by atoms with Crippen LogP contribution in [0.25, 0.3) is 21.7 Å². The Kier molecular flexibility index (Phi) is 5.16. The van der Waals surface area contributed by atoms with Crippen LogP contribution in [-0.4, -0.2) is 21.2 Å². The second-order valence-electron chi connectivity index (χ2n) is 6.52. The lowest BCUT2D eigenvalue weighted by Crippen LogP contribution is -2.10. The summed E-state index contributed by atoms with van der Waals surface area (Å²) in [5, 5.41) is 8.98. The molecule has 0 bridgehead atoms. The zero-order valence-corrected chi connectivity index (χ0v) is 16.4. The molecule has 0 aliphatic rings. The number of thiazole rings is 1. The monoisotopic (exact) mass is 393 g/mol. The van der Waals surface area contributed by atoms with E-state index in [0.29, 0.717) is 12.3 Å². The zero-order valence-electron chi connectivity index (χ0n) is 15.6. The minimum atomic E-state index is -0.602. The van der Waals surface area contributed by atoms with E-state index in [-0.39, 0.29) is 18.3 Å². The second kappa shape index (κ2) is 7.90. The summed E-state index contributed by atoms with van der Waals surface area (Å²) >= 11 is 1.60.